The fraction of sp³-hybridized carbons (Fsp3) is 0.273. The second-order valence-corrected chi connectivity index (χ2v) is 13.0. The van der Waals surface area contributed by atoms with Crippen molar-refractivity contribution in [2.24, 2.45) is 0 Å². The predicted octanol–water partition coefficient (Wildman–Crippen LogP) is 8.41. The summed E-state index contributed by atoms with van der Waals surface area (Å²) in [5.74, 6) is -0.249. The van der Waals surface area contributed by atoms with Gasteiger partial charge >= 0.3 is 5.91 Å². The zero-order chi connectivity index (χ0) is 30.5. The largest absolute Gasteiger partial charge is 0.507 e. The number of hydrogen-bond acceptors (Lipinski definition) is 8. The average Bonchev–Trinajstić information content (AvgIpc) is 3.58. The van der Waals surface area contributed by atoms with Crippen molar-refractivity contribution < 1.29 is 19.4 Å². The van der Waals surface area contributed by atoms with Crippen molar-refractivity contribution in [1.82, 2.24) is 10.2 Å². The third kappa shape index (κ3) is 6.79. The number of Topliss-reactive ketones (excluding diaryl/α,β-unsaturated/α-hetero) is 1. The SMILES string of the molecule is CCCCOc1ccc(C(O)=C2C(=O)C(=O)N(c3nnc(SCc4ccccc4Cl)s3)[C@@H]2c2ccc(C(C)C)cc2)cc1. The maximum Gasteiger partial charge on any atom is 0.301 e. The van der Waals surface area contributed by atoms with Crippen LogP contribution in [0, 0.1) is 0 Å². The molecule has 0 saturated carbocycles. The van der Waals surface area contributed by atoms with Crippen LogP contribution in [0.1, 0.15) is 67.8 Å². The first kappa shape index (κ1) is 30.8. The molecule has 5 rings (SSSR count). The van der Waals surface area contributed by atoms with E-state index in [2.05, 4.69) is 31.0 Å². The molecule has 4 aromatic rings. The van der Waals surface area contributed by atoms with Crippen LogP contribution in [-0.2, 0) is 15.3 Å². The number of aromatic nitrogens is 2. The lowest BCUT2D eigenvalue weighted by atomic mass is 9.93. The van der Waals surface area contributed by atoms with Crippen LogP contribution in [0.4, 0.5) is 5.13 Å². The standard InChI is InChI=1S/C33H32ClN3O4S2/c1-4-5-18-41-25-16-14-23(15-17-25)29(38)27-28(22-12-10-21(11-13-22)20(2)3)37(31(40)30(27)39)32-35-36-33(43-32)42-19-24-8-6-7-9-26(24)34/h6-17,20,28,38H,4-5,18-19H2,1-3H3/t28-/m1/s1. The summed E-state index contributed by atoms with van der Waals surface area (Å²) in [5, 5.41) is 21.0. The van der Waals surface area contributed by atoms with Crippen LogP contribution in [0.15, 0.2) is 82.7 Å². The number of aliphatic hydroxyl groups is 1. The van der Waals surface area contributed by atoms with Crippen molar-refractivity contribution in [2.75, 3.05) is 11.5 Å². The van der Waals surface area contributed by atoms with Crippen molar-refractivity contribution in [2.45, 2.75) is 55.7 Å². The van der Waals surface area contributed by atoms with Crippen molar-refractivity contribution in [3.05, 3.63) is 106 Å². The summed E-state index contributed by atoms with van der Waals surface area (Å²) in [4.78, 5) is 28.5. The Morgan fingerprint density at radius 3 is 2.44 bits per heavy atom. The van der Waals surface area contributed by atoms with Crippen LogP contribution in [0.3, 0.4) is 0 Å². The second-order valence-electron chi connectivity index (χ2n) is 10.4. The molecule has 1 atom stereocenters. The average molecular weight is 634 g/mol. The molecular formula is C33H32ClN3O4S2. The first-order valence-electron chi connectivity index (χ1n) is 14.1. The minimum atomic E-state index is -0.879. The maximum atomic E-state index is 13.6. The molecule has 0 unspecified atom stereocenters. The van der Waals surface area contributed by atoms with Gasteiger partial charge in [0, 0.05) is 16.3 Å². The number of benzene rings is 3. The van der Waals surface area contributed by atoms with Crippen LogP contribution in [0.25, 0.3) is 5.76 Å². The minimum absolute atomic E-state index is 0.00224. The van der Waals surface area contributed by atoms with E-state index in [-0.39, 0.29) is 16.5 Å². The highest BCUT2D eigenvalue weighted by atomic mass is 35.5. The van der Waals surface area contributed by atoms with E-state index in [1.807, 2.05) is 48.5 Å². The molecule has 1 aromatic heterocycles. The lowest BCUT2D eigenvalue weighted by Crippen LogP contribution is -2.29. The number of carbonyl (C=O) groups is 2. The number of rotatable bonds is 11. The summed E-state index contributed by atoms with van der Waals surface area (Å²) in [6.45, 7) is 6.88. The Morgan fingerprint density at radius 1 is 1.05 bits per heavy atom. The van der Waals surface area contributed by atoms with Gasteiger partial charge in [0.2, 0.25) is 5.13 Å². The molecule has 2 heterocycles. The number of unbranched alkanes of at least 4 members (excludes halogenated alkanes) is 1. The second kappa shape index (κ2) is 13.8. The molecule has 3 aromatic carbocycles. The van der Waals surface area contributed by atoms with Gasteiger partial charge in [0.15, 0.2) is 4.34 Å². The molecule has 1 fully saturated rings. The van der Waals surface area contributed by atoms with E-state index in [1.165, 1.54) is 28.0 Å². The normalized spacial score (nSPS) is 16.3. The van der Waals surface area contributed by atoms with Crippen molar-refractivity contribution in [3.63, 3.8) is 0 Å². The molecule has 7 nitrogen and oxygen atoms in total. The van der Waals surface area contributed by atoms with Gasteiger partial charge in [-0.05, 0) is 59.4 Å². The maximum absolute atomic E-state index is 13.6. The van der Waals surface area contributed by atoms with Gasteiger partial charge in [-0.2, -0.15) is 0 Å². The molecule has 0 spiro atoms. The molecule has 0 bridgehead atoms. The number of ether oxygens (including phenoxy) is 1. The Morgan fingerprint density at radius 2 is 1.77 bits per heavy atom. The molecule has 1 saturated heterocycles. The predicted molar refractivity (Wildman–Crippen MR) is 173 cm³/mol. The van der Waals surface area contributed by atoms with E-state index < -0.39 is 17.7 Å². The lowest BCUT2D eigenvalue weighted by molar-refractivity contribution is -0.132. The van der Waals surface area contributed by atoms with E-state index in [4.69, 9.17) is 16.3 Å². The number of halogens is 1. The Kier molecular flexibility index (Phi) is 9.85. The van der Waals surface area contributed by atoms with Crippen LogP contribution < -0.4 is 9.64 Å². The Bertz CT molecular complexity index is 1630. The Balaban J connectivity index is 1.50. The van der Waals surface area contributed by atoms with E-state index >= 15 is 0 Å². The summed E-state index contributed by atoms with van der Waals surface area (Å²) in [5.41, 5.74) is 3.18. The van der Waals surface area contributed by atoms with Gasteiger partial charge < -0.3 is 9.84 Å². The summed E-state index contributed by atoms with van der Waals surface area (Å²) in [6, 6.07) is 21.3. The number of thioether (sulfide) groups is 1. The molecule has 0 radical (unpaired) electrons. The number of hydrogen-bond donors (Lipinski definition) is 1. The molecule has 43 heavy (non-hydrogen) atoms. The van der Waals surface area contributed by atoms with Crippen LogP contribution in [0.5, 0.6) is 5.75 Å². The highest BCUT2D eigenvalue weighted by molar-refractivity contribution is 8.00. The van der Waals surface area contributed by atoms with Gasteiger partial charge in [-0.15, -0.1) is 10.2 Å². The van der Waals surface area contributed by atoms with Gasteiger partial charge in [-0.1, -0.05) is 104 Å². The summed E-state index contributed by atoms with van der Waals surface area (Å²) >= 11 is 8.98. The molecule has 0 aliphatic carbocycles. The van der Waals surface area contributed by atoms with Crippen LogP contribution in [-0.4, -0.2) is 33.6 Å². The van der Waals surface area contributed by atoms with Gasteiger partial charge in [0.25, 0.3) is 5.78 Å². The van der Waals surface area contributed by atoms with Crippen LogP contribution in [0.2, 0.25) is 5.02 Å². The molecule has 1 aliphatic heterocycles. The molecular weight excluding hydrogens is 602 g/mol. The summed E-state index contributed by atoms with van der Waals surface area (Å²) in [7, 11) is 0. The first-order valence-corrected chi connectivity index (χ1v) is 16.3. The zero-order valence-corrected chi connectivity index (χ0v) is 26.5. The van der Waals surface area contributed by atoms with Gasteiger partial charge in [-0.3, -0.25) is 14.5 Å². The Hall–Kier alpha value is -3.66. The third-order valence-electron chi connectivity index (χ3n) is 7.17. The number of aliphatic hydroxyl groups excluding tert-OH is 1. The van der Waals surface area contributed by atoms with Gasteiger partial charge in [-0.25, -0.2) is 0 Å². The number of carbonyl (C=O) groups excluding carboxylic acids is 2. The van der Waals surface area contributed by atoms with Crippen molar-refractivity contribution in [1.29, 1.82) is 0 Å². The fourth-order valence-corrected chi connectivity index (χ4v) is 6.87. The topological polar surface area (TPSA) is 92.6 Å². The van der Waals surface area contributed by atoms with Gasteiger partial charge in [0.1, 0.15) is 11.5 Å². The van der Waals surface area contributed by atoms with Crippen LogP contribution >= 0.6 is 34.7 Å². The third-order valence-corrected chi connectivity index (χ3v) is 9.64. The quantitative estimate of drug-likeness (QED) is 0.0442. The number of amides is 1. The van der Waals surface area contributed by atoms with Gasteiger partial charge in [0.05, 0.1) is 18.2 Å². The zero-order valence-electron chi connectivity index (χ0n) is 24.1. The first-order chi connectivity index (χ1) is 20.8. The number of nitrogens with zero attached hydrogens (tertiary/aromatic N) is 3. The summed E-state index contributed by atoms with van der Waals surface area (Å²) in [6.07, 6.45) is 1.96. The summed E-state index contributed by atoms with van der Waals surface area (Å²) < 4.78 is 6.38. The van der Waals surface area contributed by atoms with E-state index in [0.29, 0.717) is 44.5 Å². The fourth-order valence-electron chi connectivity index (χ4n) is 4.72. The monoisotopic (exact) mass is 633 g/mol. The molecule has 1 amide bonds. The smallest absolute Gasteiger partial charge is 0.301 e. The lowest BCUT2D eigenvalue weighted by Gasteiger charge is -2.23. The molecule has 1 N–H and O–H groups in total. The number of anilines is 1. The van der Waals surface area contributed by atoms with E-state index in [9.17, 15) is 14.7 Å². The van der Waals surface area contributed by atoms with Crippen molar-refractivity contribution >= 4 is 57.3 Å². The highest BCUT2D eigenvalue weighted by Crippen LogP contribution is 2.44. The molecule has 222 valence electrons. The van der Waals surface area contributed by atoms with E-state index in [0.717, 1.165) is 24.0 Å². The Labute approximate surface area is 264 Å². The number of ketones is 1. The minimum Gasteiger partial charge on any atom is -0.507 e. The molecule has 1 aliphatic rings. The molecule has 10 heteroatoms. The van der Waals surface area contributed by atoms with Crippen molar-refractivity contribution in [3.8, 4) is 5.75 Å². The highest BCUT2D eigenvalue weighted by Gasteiger charge is 2.48. The van der Waals surface area contributed by atoms with E-state index in [1.54, 1.807) is 24.3 Å².